The second-order valence-electron chi connectivity index (χ2n) is 1.55. The van der Waals surface area contributed by atoms with Crippen molar-refractivity contribution < 1.29 is 29.8 Å². The van der Waals surface area contributed by atoms with E-state index in [-0.39, 0.29) is 12.4 Å². The molecule has 0 radical (unpaired) electrons. The van der Waals surface area contributed by atoms with E-state index in [0.717, 1.165) is 0 Å². The lowest BCUT2D eigenvalue weighted by Gasteiger charge is -2.19. The zero-order valence-corrected chi connectivity index (χ0v) is 7.32. The van der Waals surface area contributed by atoms with Crippen molar-refractivity contribution in [3.05, 3.63) is 30.3 Å². The van der Waals surface area contributed by atoms with Gasteiger partial charge in [-0.1, -0.05) is 0 Å². The number of nitrogens with zero attached hydrogens (tertiary/aromatic N) is 3. The summed E-state index contributed by atoms with van der Waals surface area (Å²) in [5, 5.41) is 24.0. The first-order valence-electron chi connectivity index (χ1n) is 2.54. The molecule has 0 spiro atoms. The summed E-state index contributed by atoms with van der Waals surface area (Å²) in [6, 6.07) is 0. The van der Waals surface area contributed by atoms with Crippen LogP contribution in [0.15, 0.2) is 0 Å². The first-order valence-corrected chi connectivity index (χ1v) is 2.54. The van der Waals surface area contributed by atoms with Crippen molar-refractivity contribution in [1.29, 1.82) is 0 Å². The minimum atomic E-state index is -3.53. The van der Waals surface area contributed by atoms with Crippen LogP contribution in [-0.4, -0.2) is 21.4 Å². The summed E-state index contributed by atoms with van der Waals surface area (Å²) in [6.45, 7) is 0. The van der Waals surface area contributed by atoms with Gasteiger partial charge in [0, 0.05) is 0 Å². The predicted molar refractivity (Wildman–Crippen MR) is 38.4 cm³/mol. The van der Waals surface area contributed by atoms with Gasteiger partial charge in [-0.25, -0.2) is 14.5 Å². The molecule has 0 saturated carbocycles. The van der Waals surface area contributed by atoms with Gasteiger partial charge in [-0.05, 0) is 0 Å². The predicted octanol–water partition coefficient (Wildman–Crippen LogP) is -1.40. The van der Waals surface area contributed by atoms with E-state index in [2.05, 4.69) is 20.2 Å². The van der Waals surface area contributed by atoms with Crippen LogP contribution < -0.4 is 5.73 Å². The third-order valence-electron chi connectivity index (χ3n) is 0.605. The topological polar surface area (TPSA) is 183 Å². The number of hydrogen-bond acceptors (Lipinski definition) is 10. The molecule has 15 heavy (non-hydrogen) atoms. The lowest BCUT2D eigenvalue weighted by atomic mass is 11.0. The SMILES string of the molecule is Cl.NC(O[N+](=O)[O-])(O[N+](=O)[O-])O[N+](=O)[O-]. The van der Waals surface area contributed by atoms with Crippen LogP contribution in [0.5, 0.6) is 0 Å². The zero-order chi connectivity index (χ0) is 11.4. The third kappa shape index (κ3) is 6.96. The Morgan fingerprint density at radius 1 is 0.867 bits per heavy atom. The van der Waals surface area contributed by atoms with Gasteiger partial charge in [-0.15, -0.1) is 42.7 Å². The monoisotopic (exact) mass is 250 g/mol. The van der Waals surface area contributed by atoms with E-state index >= 15 is 0 Å². The number of rotatable bonds is 6. The molecule has 14 heteroatoms. The Bertz CT molecular complexity index is 224. The lowest BCUT2D eigenvalue weighted by molar-refractivity contribution is -0.954. The van der Waals surface area contributed by atoms with Gasteiger partial charge in [0.25, 0.3) is 0 Å². The highest BCUT2D eigenvalue weighted by molar-refractivity contribution is 5.85. The molecular formula is CH3ClN4O9. The molecule has 0 aliphatic heterocycles. The highest BCUT2D eigenvalue weighted by Gasteiger charge is 2.39. The minimum absolute atomic E-state index is 0. The highest BCUT2D eigenvalue weighted by Crippen LogP contribution is 2.08. The summed E-state index contributed by atoms with van der Waals surface area (Å²) in [5.41, 5.74) is 4.51. The molecule has 0 amide bonds. The van der Waals surface area contributed by atoms with Gasteiger partial charge >= 0.3 is 21.4 Å². The van der Waals surface area contributed by atoms with Crippen molar-refractivity contribution >= 4 is 12.4 Å². The van der Waals surface area contributed by atoms with Gasteiger partial charge in [-0.3, -0.25) is 5.73 Å². The molecule has 88 valence electrons. The second kappa shape index (κ2) is 5.55. The first kappa shape index (κ1) is 15.3. The Kier molecular flexibility index (Phi) is 5.67. The molecule has 13 nitrogen and oxygen atoms in total. The largest absolute Gasteiger partial charge is 0.461 e. The molecule has 2 N–H and O–H groups in total. The van der Waals surface area contributed by atoms with Crippen LogP contribution in [0.3, 0.4) is 0 Å². The average molecular weight is 251 g/mol. The normalized spacial score (nSPS) is 9.40. The first-order chi connectivity index (χ1) is 6.25. The fourth-order valence-electron chi connectivity index (χ4n) is 0.362. The molecule has 0 heterocycles. The molecule has 0 aromatic rings. The number of halogens is 1. The van der Waals surface area contributed by atoms with Gasteiger partial charge in [-0.2, -0.15) is 0 Å². The van der Waals surface area contributed by atoms with E-state index in [1.807, 2.05) is 0 Å². The molecule has 0 aromatic carbocycles. The summed E-state index contributed by atoms with van der Waals surface area (Å²) in [7, 11) is 0. The van der Waals surface area contributed by atoms with E-state index in [9.17, 15) is 30.3 Å². The van der Waals surface area contributed by atoms with Crippen molar-refractivity contribution in [1.82, 2.24) is 0 Å². The Balaban J connectivity index is 0. The van der Waals surface area contributed by atoms with Gasteiger partial charge in [0.1, 0.15) is 0 Å². The van der Waals surface area contributed by atoms with Crippen molar-refractivity contribution in [2.75, 3.05) is 0 Å². The number of hydrogen-bond donors (Lipinski definition) is 1. The minimum Gasteiger partial charge on any atom is -0.258 e. The molecule has 0 atom stereocenters. The third-order valence-corrected chi connectivity index (χ3v) is 0.605. The van der Waals surface area contributed by atoms with E-state index in [1.165, 1.54) is 0 Å². The fraction of sp³-hybridized carbons (Fsp3) is 1.00. The maximum absolute atomic E-state index is 9.68. The zero-order valence-electron chi connectivity index (χ0n) is 6.50. The second-order valence-corrected chi connectivity index (χ2v) is 1.55. The summed E-state index contributed by atoms with van der Waals surface area (Å²) < 4.78 is 0. The van der Waals surface area contributed by atoms with Gasteiger partial charge in [0.05, 0.1) is 0 Å². The fourth-order valence-corrected chi connectivity index (χ4v) is 0.362. The van der Waals surface area contributed by atoms with Gasteiger partial charge in [0.15, 0.2) is 0 Å². The van der Waals surface area contributed by atoms with Gasteiger partial charge < -0.3 is 0 Å². The van der Waals surface area contributed by atoms with Crippen molar-refractivity contribution in [2.45, 2.75) is 6.10 Å². The van der Waals surface area contributed by atoms with E-state index in [0.29, 0.717) is 0 Å². The van der Waals surface area contributed by atoms with Crippen LogP contribution in [0.25, 0.3) is 0 Å². The van der Waals surface area contributed by atoms with Crippen molar-refractivity contribution in [3.63, 3.8) is 0 Å². The summed E-state index contributed by atoms with van der Waals surface area (Å²) >= 11 is 0. The number of nitrogens with two attached hydrogens (primary N) is 1. The molecular weight excluding hydrogens is 247 g/mol. The maximum Gasteiger partial charge on any atom is 0.461 e. The molecule has 0 aliphatic carbocycles. The molecule has 0 bridgehead atoms. The summed E-state index contributed by atoms with van der Waals surface area (Å²) in [4.78, 5) is 38.7. The van der Waals surface area contributed by atoms with E-state index < -0.39 is 21.4 Å². The van der Waals surface area contributed by atoms with Crippen molar-refractivity contribution in [3.8, 4) is 0 Å². The lowest BCUT2D eigenvalue weighted by Crippen LogP contribution is -2.52. The summed E-state index contributed by atoms with van der Waals surface area (Å²) in [6.07, 6.45) is -3.53. The van der Waals surface area contributed by atoms with Crippen LogP contribution in [0, 0.1) is 30.3 Å². The van der Waals surface area contributed by atoms with Gasteiger partial charge in [0.2, 0.25) is 0 Å². The standard InChI is InChI=1S/CH2N4O9.ClH/c2-1(12-3(6)7,13-4(8)9)14-5(10)11;/h2H2;1H. The van der Waals surface area contributed by atoms with Crippen LogP contribution in [-0.2, 0) is 14.5 Å². The van der Waals surface area contributed by atoms with E-state index in [4.69, 9.17) is 0 Å². The van der Waals surface area contributed by atoms with Crippen LogP contribution in [0.2, 0.25) is 0 Å². The highest BCUT2D eigenvalue weighted by atomic mass is 35.5. The molecule has 0 aromatic heterocycles. The Morgan fingerprint density at radius 2 is 1.07 bits per heavy atom. The molecule has 0 saturated heterocycles. The van der Waals surface area contributed by atoms with Crippen LogP contribution in [0.4, 0.5) is 0 Å². The van der Waals surface area contributed by atoms with E-state index in [1.54, 1.807) is 0 Å². The Hall–Kier alpha value is -2.15. The van der Waals surface area contributed by atoms with Crippen LogP contribution in [0.1, 0.15) is 0 Å². The molecule has 0 rings (SSSR count). The average Bonchev–Trinajstić information content (AvgIpc) is 1.76. The molecule has 0 unspecified atom stereocenters. The molecule has 0 fully saturated rings. The smallest absolute Gasteiger partial charge is 0.258 e. The van der Waals surface area contributed by atoms with Crippen molar-refractivity contribution in [2.24, 2.45) is 5.73 Å². The molecule has 0 aliphatic rings. The quantitative estimate of drug-likeness (QED) is 0.334. The van der Waals surface area contributed by atoms with Crippen LogP contribution >= 0.6 is 12.4 Å². The Morgan fingerprint density at radius 3 is 1.20 bits per heavy atom. The maximum atomic E-state index is 9.68. The Labute approximate surface area is 85.4 Å². The summed E-state index contributed by atoms with van der Waals surface area (Å²) in [5.74, 6) is 0.